The van der Waals surface area contributed by atoms with Crippen LogP contribution in [-0.4, -0.2) is 33.8 Å². The van der Waals surface area contributed by atoms with Gasteiger partial charge in [0.2, 0.25) is 0 Å². The summed E-state index contributed by atoms with van der Waals surface area (Å²) in [6.45, 7) is 3.79. The Hall–Kier alpha value is -1.48. The summed E-state index contributed by atoms with van der Waals surface area (Å²) in [4.78, 5) is 5.71. The highest BCUT2D eigenvalue weighted by molar-refractivity contribution is 14.0. The van der Waals surface area contributed by atoms with Crippen LogP contribution in [0.3, 0.4) is 0 Å². The van der Waals surface area contributed by atoms with Gasteiger partial charge in [-0.05, 0) is 41.5 Å². The Balaban J connectivity index is 0.00000338. The minimum Gasteiger partial charge on any atom is -0.493 e. The lowest BCUT2D eigenvalue weighted by atomic mass is 10.1. The van der Waals surface area contributed by atoms with Crippen LogP contribution in [0.25, 0.3) is 0 Å². The molecule has 144 valence electrons. The summed E-state index contributed by atoms with van der Waals surface area (Å²) in [5.74, 6) is 2.80. The van der Waals surface area contributed by atoms with Crippen LogP contribution in [0.1, 0.15) is 17.4 Å². The number of thiophene rings is 1. The van der Waals surface area contributed by atoms with Crippen LogP contribution in [0.5, 0.6) is 11.5 Å². The molecule has 2 aromatic rings. The van der Waals surface area contributed by atoms with Gasteiger partial charge in [-0.25, -0.2) is 0 Å². The van der Waals surface area contributed by atoms with Crippen LogP contribution in [0.15, 0.2) is 40.7 Å². The number of guanidine groups is 1. The molecule has 0 aliphatic carbocycles. The molecule has 1 atom stereocenters. The fourth-order valence-electron chi connectivity index (χ4n) is 2.51. The second kappa shape index (κ2) is 12.0. The topological polar surface area (TPSA) is 54.9 Å². The molecule has 2 rings (SSSR count). The zero-order valence-electron chi connectivity index (χ0n) is 15.7. The monoisotopic (exact) mass is 489 g/mol. The molecule has 7 heteroatoms. The minimum atomic E-state index is 0. The maximum Gasteiger partial charge on any atom is 0.191 e. The Morgan fingerprint density at radius 3 is 2.54 bits per heavy atom. The Morgan fingerprint density at radius 1 is 1.15 bits per heavy atom. The molecule has 2 N–H and O–H groups in total. The van der Waals surface area contributed by atoms with Gasteiger partial charge in [-0.15, -0.1) is 35.3 Å². The molecule has 5 nitrogen and oxygen atoms in total. The third-order valence-corrected chi connectivity index (χ3v) is 4.78. The van der Waals surface area contributed by atoms with Crippen LogP contribution < -0.4 is 20.1 Å². The lowest BCUT2D eigenvalue weighted by Gasteiger charge is -2.16. The first-order valence-corrected chi connectivity index (χ1v) is 9.22. The molecule has 0 bridgehead atoms. The van der Waals surface area contributed by atoms with E-state index < -0.39 is 0 Å². The fraction of sp³-hybridized carbons (Fsp3) is 0.421. The van der Waals surface area contributed by atoms with Crippen molar-refractivity contribution < 1.29 is 9.47 Å². The van der Waals surface area contributed by atoms with E-state index in [-0.39, 0.29) is 24.0 Å². The van der Waals surface area contributed by atoms with Crippen LogP contribution >= 0.6 is 35.3 Å². The molecule has 1 aromatic carbocycles. The van der Waals surface area contributed by atoms with Gasteiger partial charge >= 0.3 is 0 Å². The summed E-state index contributed by atoms with van der Waals surface area (Å²) < 4.78 is 10.6. The summed E-state index contributed by atoms with van der Waals surface area (Å²) in [5.41, 5.74) is 1.10. The summed E-state index contributed by atoms with van der Waals surface area (Å²) in [7, 11) is 5.07. The number of methoxy groups -OCH3 is 2. The molecule has 0 spiro atoms. The number of halogens is 1. The molecule has 0 aliphatic rings. The Kier molecular flexibility index (Phi) is 10.4. The Morgan fingerprint density at radius 2 is 1.92 bits per heavy atom. The second-order valence-electron chi connectivity index (χ2n) is 5.88. The smallest absolute Gasteiger partial charge is 0.191 e. The number of rotatable bonds is 8. The van der Waals surface area contributed by atoms with E-state index in [2.05, 4.69) is 40.1 Å². The van der Waals surface area contributed by atoms with Gasteiger partial charge in [0.1, 0.15) is 0 Å². The van der Waals surface area contributed by atoms with Gasteiger partial charge < -0.3 is 20.1 Å². The quantitative estimate of drug-likeness (QED) is 0.335. The fourth-order valence-corrected chi connectivity index (χ4v) is 3.38. The highest BCUT2D eigenvalue weighted by Gasteiger charge is 2.07. The van der Waals surface area contributed by atoms with Gasteiger partial charge in [0, 0.05) is 25.0 Å². The molecule has 1 unspecified atom stereocenters. The van der Waals surface area contributed by atoms with Crippen LogP contribution in [0.2, 0.25) is 0 Å². The zero-order chi connectivity index (χ0) is 18.1. The highest BCUT2D eigenvalue weighted by atomic mass is 127. The van der Waals surface area contributed by atoms with E-state index in [0.717, 1.165) is 36.0 Å². The second-order valence-corrected chi connectivity index (χ2v) is 6.92. The van der Waals surface area contributed by atoms with Crippen molar-refractivity contribution in [2.45, 2.75) is 19.9 Å². The maximum atomic E-state index is 5.34. The number of nitrogens with zero attached hydrogens (tertiary/aromatic N) is 1. The summed E-state index contributed by atoms with van der Waals surface area (Å²) in [6.07, 6.45) is 1.08. The van der Waals surface area contributed by atoms with Crippen molar-refractivity contribution in [1.82, 2.24) is 10.6 Å². The first-order chi connectivity index (χ1) is 12.2. The van der Waals surface area contributed by atoms with Gasteiger partial charge in [-0.3, -0.25) is 4.99 Å². The predicted molar refractivity (Wildman–Crippen MR) is 120 cm³/mol. The molecule has 1 heterocycles. The van der Waals surface area contributed by atoms with E-state index in [9.17, 15) is 0 Å². The summed E-state index contributed by atoms with van der Waals surface area (Å²) >= 11 is 1.81. The van der Waals surface area contributed by atoms with Gasteiger partial charge in [-0.1, -0.05) is 19.1 Å². The molecular formula is C19H28IN3O2S. The van der Waals surface area contributed by atoms with Crippen LogP contribution in [-0.2, 0) is 13.0 Å². The predicted octanol–water partition coefficient (Wildman–Crippen LogP) is 3.93. The van der Waals surface area contributed by atoms with Crippen molar-refractivity contribution in [3.05, 3.63) is 46.2 Å². The average Bonchev–Trinajstić information content (AvgIpc) is 3.14. The van der Waals surface area contributed by atoms with Crippen molar-refractivity contribution in [3.63, 3.8) is 0 Å². The van der Waals surface area contributed by atoms with E-state index >= 15 is 0 Å². The Bertz CT molecular complexity index is 677. The SMILES string of the molecule is CN=C(NCc1ccc(OC)c(OC)c1)NCC(C)Cc1cccs1.I. The Labute approximate surface area is 177 Å². The zero-order valence-corrected chi connectivity index (χ0v) is 18.9. The molecule has 1 aromatic heterocycles. The molecule has 0 aliphatic heterocycles. The number of hydrogen-bond donors (Lipinski definition) is 2. The van der Waals surface area contributed by atoms with Crippen LogP contribution in [0.4, 0.5) is 0 Å². The number of aliphatic imine (C=N–C) groups is 1. The lowest BCUT2D eigenvalue weighted by Crippen LogP contribution is -2.39. The lowest BCUT2D eigenvalue weighted by molar-refractivity contribution is 0.354. The van der Waals surface area contributed by atoms with Crippen molar-refractivity contribution >= 4 is 41.3 Å². The van der Waals surface area contributed by atoms with Crippen molar-refractivity contribution in [2.24, 2.45) is 10.9 Å². The third kappa shape index (κ3) is 7.03. The minimum absolute atomic E-state index is 0. The molecule has 0 amide bonds. The first-order valence-electron chi connectivity index (χ1n) is 8.34. The van der Waals surface area contributed by atoms with Crippen LogP contribution in [0, 0.1) is 5.92 Å². The molecule has 26 heavy (non-hydrogen) atoms. The third-order valence-electron chi connectivity index (χ3n) is 3.88. The average molecular weight is 489 g/mol. The largest absolute Gasteiger partial charge is 0.493 e. The van der Waals surface area contributed by atoms with Gasteiger partial charge in [-0.2, -0.15) is 0 Å². The van der Waals surface area contributed by atoms with E-state index in [0.29, 0.717) is 12.5 Å². The molecular weight excluding hydrogens is 461 g/mol. The molecule has 0 radical (unpaired) electrons. The van der Waals surface area contributed by atoms with E-state index in [1.807, 2.05) is 29.5 Å². The maximum absolute atomic E-state index is 5.34. The summed E-state index contributed by atoms with van der Waals surface area (Å²) in [5, 5.41) is 8.85. The van der Waals surface area contributed by atoms with Gasteiger partial charge in [0.05, 0.1) is 14.2 Å². The number of nitrogens with one attached hydrogen (secondary N) is 2. The van der Waals surface area contributed by atoms with Crippen molar-refractivity contribution in [2.75, 3.05) is 27.8 Å². The highest BCUT2D eigenvalue weighted by Crippen LogP contribution is 2.27. The summed E-state index contributed by atoms with van der Waals surface area (Å²) in [6, 6.07) is 10.2. The first kappa shape index (κ1) is 22.6. The number of hydrogen-bond acceptors (Lipinski definition) is 4. The van der Waals surface area contributed by atoms with E-state index in [1.54, 1.807) is 21.3 Å². The normalized spacial score (nSPS) is 12.1. The van der Waals surface area contributed by atoms with Crippen molar-refractivity contribution in [1.29, 1.82) is 0 Å². The van der Waals surface area contributed by atoms with Gasteiger partial charge in [0.25, 0.3) is 0 Å². The van der Waals surface area contributed by atoms with E-state index in [1.165, 1.54) is 4.88 Å². The van der Waals surface area contributed by atoms with E-state index in [4.69, 9.17) is 9.47 Å². The van der Waals surface area contributed by atoms with Crippen molar-refractivity contribution in [3.8, 4) is 11.5 Å². The number of ether oxygens (including phenoxy) is 2. The molecule has 0 saturated heterocycles. The molecule has 0 saturated carbocycles. The van der Waals surface area contributed by atoms with Gasteiger partial charge in [0.15, 0.2) is 17.5 Å². The molecule has 0 fully saturated rings. The standard InChI is InChI=1S/C19H27N3O2S.HI/c1-14(10-16-6-5-9-25-16)12-21-19(20-2)22-13-15-7-8-17(23-3)18(11-15)24-4;/h5-9,11,14H,10,12-13H2,1-4H3,(H2,20,21,22);1H. The number of benzene rings is 1.